The van der Waals surface area contributed by atoms with Gasteiger partial charge in [0.2, 0.25) is 5.88 Å². The number of ether oxygens (including phenoxy) is 1. The lowest BCUT2D eigenvalue weighted by Gasteiger charge is -2.14. The number of fused-ring (bicyclic) bond motifs is 1. The van der Waals surface area contributed by atoms with Crippen molar-refractivity contribution in [1.82, 2.24) is 24.2 Å². The molecule has 226 valence electrons. The first-order chi connectivity index (χ1) is 19.6. The van der Waals surface area contributed by atoms with Crippen molar-refractivity contribution in [2.24, 2.45) is 0 Å². The lowest BCUT2D eigenvalue weighted by molar-refractivity contribution is -0.384. The third-order valence-corrected chi connectivity index (χ3v) is 7.63. The zero-order valence-corrected chi connectivity index (χ0v) is 24.5. The summed E-state index contributed by atoms with van der Waals surface area (Å²) in [6.45, 7) is -0.262. The zero-order chi connectivity index (χ0) is 29.4. The average Bonchev–Trinajstić information content (AvgIpc) is 3.31. The molecule has 2 N–H and O–H groups in total. The Balaban J connectivity index is 0.00000253. The van der Waals surface area contributed by atoms with Crippen LogP contribution in [0.3, 0.4) is 0 Å². The first-order valence-corrected chi connectivity index (χ1v) is 12.9. The number of nitro groups is 1. The van der Waals surface area contributed by atoms with Gasteiger partial charge in [-0.2, -0.15) is 0 Å². The fourth-order valence-corrected chi connectivity index (χ4v) is 5.73. The van der Waals surface area contributed by atoms with Crippen LogP contribution in [-0.2, 0) is 13.1 Å². The number of hydrogen-bond acceptors (Lipinski definition) is 9. The van der Waals surface area contributed by atoms with E-state index in [0.29, 0.717) is 16.0 Å². The molecule has 5 rings (SSSR count). The molecule has 3 heterocycles. The number of thiophene rings is 1. The first kappa shape index (κ1) is 32.9. The Labute approximate surface area is 252 Å². The van der Waals surface area contributed by atoms with Crippen molar-refractivity contribution in [2.75, 3.05) is 21.2 Å². The summed E-state index contributed by atoms with van der Waals surface area (Å²) in [5.41, 5.74) is -0.946. The zero-order valence-electron chi connectivity index (χ0n) is 22.9. The van der Waals surface area contributed by atoms with Crippen LogP contribution in [0, 0.1) is 21.7 Å². The van der Waals surface area contributed by atoms with Crippen molar-refractivity contribution in [2.45, 2.75) is 13.1 Å². The first-order valence-electron chi connectivity index (χ1n) is 12.1. The molecule has 0 radical (unpaired) electrons. The maximum Gasteiger partial charge on any atom is 0.338 e. The van der Waals surface area contributed by atoms with Crippen molar-refractivity contribution in [3.05, 3.63) is 108 Å². The Kier molecular flexibility index (Phi) is 10.1. The van der Waals surface area contributed by atoms with E-state index in [1.807, 2.05) is 4.90 Å². The van der Waals surface area contributed by atoms with Gasteiger partial charge in [-0.3, -0.25) is 19.5 Å². The molecule has 0 aliphatic rings. The van der Waals surface area contributed by atoms with E-state index in [4.69, 9.17) is 4.74 Å². The van der Waals surface area contributed by atoms with E-state index in [0.717, 1.165) is 32.6 Å². The number of halogens is 3. The van der Waals surface area contributed by atoms with E-state index in [1.165, 1.54) is 37.4 Å². The van der Waals surface area contributed by atoms with Gasteiger partial charge in [-0.1, -0.05) is 6.07 Å². The maximum atomic E-state index is 14.8. The molecule has 0 saturated heterocycles. The highest BCUT2D eigenvalue weighted by atomic mass is 35.5. The van der Waals surface area contributed by atoms with Crippen LogP contribution < -0.4 is 16.0 Å². The largest absolute Gasteiger partial charge is 0.480 e. The summed E-state index contributed by atoms with van der Waals surface area (Å²) in [4.78, 5) is 41.2. The number of nitro benzene ring substituents is 1. The quantitative estimate of drug-likeness (QED) is 0.185. The molecule has 0 saturated carbocycles. The van der Waals surface area contributed by atoms with Gasteiger partial charge in [0.1, 0.15) is 16.5 Å². The van der Waals surface area contributed by atoms with Crippen LogP contribution in [-0.4, -0.2) is 55.8 Å². The molecule has 0 aliphatic carbocycles. The number of nitrogens with zero attached hydrogens (tertiary/aromatic N) is 6. The summed E-state index contributed by atoms with van der Waals surface area (Å²) in [6.07, 6.45) is 0. The highest BCUT2D eigenvalue weighted by molar-refractivity contribution is 7.22. The maximum absolute atomic E-state index is 14.8. The molecule has 3 aromatic heterocycles. The SMILES string of the molecule is COc1ccc(-n2c(=O)c3c(CN(C)C)c(-c4ccc([N+](=O)[O-])cc4)sc3n(Cc3c(F)cccc3F)c2=O)nn1.Cl.O. The summed E-state index contributed by atoms with van der Waals surface area (Å²) >= 11 is 1.08. The number of rotatable bonds is 8. The van der Waals surface area contributed by atoms with Gasteiger partial charge in [-0.15, -0.1) is 33.9 Å². The molecule has 0 aliphatic heterocycles. The summed E-state index contributed by atoms with van der Waals surface area (Å²) in [5, 5.41) is 19.2. The number of methoxy groups -OCH3 is 1. The molecule has 0 fully saturated rings. The molecule has 0 amide bonds. The number of hydrogen-bond donors (Lipinski definition) is 0. The minimum Gasteiger partial charge on any atom is -0.480 e. The molecule has 5 aromatic rings. The van der Waals surface area contributed by atoms with Gasteiger partial charge in [0.25, 0.3) is 11.2 Å². The monoisotopic (exact) mass is 634 g/mol. The van der Waals surface area contributed by atoms with Crippen molar-refractivity contribution in [1.29, 1.82) is 0 Å². The van der Waals surface area contributed by atoms with Crippen molar-refractivity contribution < 1.29 is 23.9 Å². The molecule has 12 nitrogen and oxygen atoms in total. The van der Waals surface area contributed by atoms with Crippen LogP contribution in [0.2, 0.25) is 0 Å². The minimum atomic E-state index is -0.877. The van der Waals surface area contributed by atoms with E-state index >= 15 is 0 Å². The van der Waals surface area contributed by atoms with Crippen LogP contribution in [0.4, 0.5) is 14.5 Å². The molecule has 0 bridgehead atoms. The molecule has 0 spiro atoms. The molecular weight excluding hydrogens is 610 g/mol. The normalized spacial score (nSPS) is 10.8. The number of benzene rings is 2. The van der Waals surface area contributed by atoms with Crippen LogP contribution in [0.15, 0.2) is 64.2 Å². The smallest absolute Gasteiger partial charge is 0.338 e. The number of aromatic nitrogens is 4. The van der Waals surface area contributed by atoms with Gasteiger partial charge in [0.05, 0.1) is 24.0 Å². The summed E-state index contributed by atoms with van der Waals surface area (Å²) in [6, 6.07) is 12.0. The fourth-order valence-electron chi connectivity index (χ4n) is 4.43. The summed E-state index contributed by atoms with van der Waals surface area (Å²) in [5.74, 6) is -1.66. The Bertz CT molecular complexity index is 1890. The number of non-ortho nitro benzene ring substituents is 1. The van der Waals surface area contributed by atoms with E-state index < -0.39 is 34.4 Å². The summed E-state index contributed by atoms with van der Waals surface area (Å²) in [7, 11) is 4.97. The second kappa shape index (κ2) is 13.2. The molecule has 16 heteroatoms. The topological polar surface area (TPSA) is 157 Å². The highest BCUT2D eigenvalue weighted by Crippen LogP contribution is 2.38. The van der Waals surface area contributed by atoms with Crippen LogP contribution in [0.5, 0.6) is 5.88 Å². The van der Waals surface area contributed by atoms with E-state index in [-0.39, 0.29) is 57.6 Å². The summed E-state index contributed by atoms with van der Waals surface area (Å²) < 4.78 is 36.5. The van der Waals surface area contributed by atoms with Gasteiger partial charge in [-0.25, -0.2) is 18.1 Å². The Morgan fingerprint density at radius 3 is 2.19 bits per heavy atom. The predicted molar refractivity (Wildman–Crippen MR) is 160 cm³/mol. The molecule has 2 aromatic carbocycles. The van der Waals surface area contributed by atoms with E-state index in [9.17, 15) is 28.5 Å². The lowest BCUT2D eigenvalue weighted by Crippen LogP contribution is -2.39. The molecule has 0 atom stereocenters. The van der Waals surface area contributed by atoms with Crippen molar-refractivity contribution in [3.63, 3.8) is 0 Å². The van der Waals surface area contributed by atoms with E-state index in [1.54, 1.807) is 26.2 Å². The second-order valence-corrected chi connectivity index (χ2v) is 10.3. The van der Waals surface area contributed by atoms with Gasteiger partial charge in [0, 0.05) is 35.2 Å². The lowest BCUT2D eigenvalue weighted by atomic mass is 10.1. The Morgan fingerprint density at radius 2 is 1.65 bits per heavy atom. The average molecular weight is 635 g/mol. The third-order valence-electron chi connectivity index (χ3n) is 6.33. The molecule has 43 heavy (non-hydrogen) atoms. The standard InChI is InChI=1S/C27H22F2N6O5S.ClH.H2O/c1-32(2)13-18-23-25(36)34(21-11-12-22(40-3)31-30-21)27(37)33(14-17-19(28)5-4-6-20(17)29)26(23)41-24(18)15-7-9-16(10-8-15)35(38)39;;/h4-12H,13-14H2,1-3H3;1H;1H2. The van der Waals surface area contributed by atoms with Crippen molar-refractivity contribution >= 4 is 39.6 Å². The molecule has 0 unspecified atom stereocenters. The van der Waals surface area contributed by atoms with Gasteiger partial charge >= 0.3 is 5.69 Å². The van der Waals surface area contributed by atoms with Gasteiger partial charge < -0.3 is 15.1 Å². The van der Waals surface area contributed by atoms with Crippen LogP contribution in [0.25, 0.3) is 26.5 Å². The van der Waals surface area contributed by atoms with Crippen LogP contribution in [0.1, 0.15) is 11.1 Å². The van der Waals surface area contributed by atoms with E-state index in [2.05, 4.69) is 10.2 Å². The van der Waals surface area contributed by atoms with Gasteiger partial charge in [0.15, 0.2) is 5.82 Å². The van der Waals surface area contributed by atoms with Crippen molar-refractivity contribution in [3.8, 4) is 22.1 Å². The second-order valence-electron chi connectivity index (χ2n) is 9.28. The molecular formula is C27H25ClF2N6O6S. The third kappa shape index (κ3) is 6.15. The van der Waals surface area contributed by atoms with Gasteiger partial charge in [-0.05, 0) is 55.6 Å². The fraction of sp³-hybridized carbons (Fsp3) is 0.185. The Hall–Kier alpha value is -4.57. The predicted octanol–water partition coefficient (Wildman–Crippen LogP) is 3.57. The van der Waals surface area contributed by atoms with Crippen LogP contribution >= 0.6 is 23.7 Å². The highest BCUT2D eigenvalue weighted by Gasteiger charge is 2.26. The Morgan fingerprint density at radius 1 is 1.00 bits per heavy atom. The minimum absolute atomic E-state index is 0.